The third-order valence-corrected chi connectivity index (χ3v) is 5.25. The largest absolute Gasteiger partial charge is 0.497 e. The summed E-state index contributed by atoms with van der Waals surface area (Å²) in [4.78, 5) is 5.07. The molecule has 27 heavy (non-hydrogen) atoms. The second-order valence-corrected chi connectivity index (χ2v) is 6.85. The van der Waals surface area contributed by atoms with Gasteiger partial charge >= 0.3 is 0 Å². The molecule has 0 saturated carbocycles. The van der Waals surface area contributed by atoms with Crippen molar-refractivity contribution in [2.75, 3.05) is 7.11 Å². The van der Waals surface area contributed by atoms with E-state index in [0.29, 0.717) is 0 Å². The number of methoxy groups -OCH3 is 1. The molecule has 132 valence electrons. The van der Waals surface area contributed by atoms with E-state index in [2.05, 4.69) is 65.2 Å². The second-order valence-electron chi connectivity index (χ2n) is 6.85. The fourth-order valence-corrected chi connectivity index (χ4v) is 3.87. The molecule has 0 unspecified atom stereocenters. The van der Waals surface area contributed by atoms with Crippen molar-refractivity contribution in [1.82, 2.24) is 9.55 Å². The monoisotopic (exact) mass is 352 g/mol. The Balaban J connectivity index is 1.71. The van der Waals surface area contributed by atoms with Gasteiger partial charge in [-0.1, -0.05) is 54.6 Å². The van der Waals surface area contributed by atoms with E-state index in [1.165, 1.54) is 16.8 Å². The molecule has 2 heterocycles. The molecule has 4 aromatic rings. The van der Waals surface area contributed by atoms with Crippen LogP contribution in [0.2, 0.25) is 0 Å². The van der Waals surface area contributed by atoms with Crippen molar-refractivity contribution in [1.29, 1.82) is 0 Å². The third kappa shape index (κ3) is 2.72. The van der Waals surface area contributed by atoms with Gasteiger partial charge in [-0.2, -0.15) is 0 Å². The van der Waals surface area contributed by atoms with Gasteiger partial charge in [0, 0.05) is 24.1 Å². The van der Waals surface area contributed by atoms with Gasteiger partial charge in [0.15, 0.2) is 0 Å². The normalized spacial score (nSPS) is 12.3. The van der Waals surface area contributed by atoms with Crippen LogP contribution in [0.5, 0.6) is 5.75 Å². The van der Waals surface area contributed by atoms with Gasteiger partial charge in [-0.05, 0) is 35.4 Å². The number of rotatable bonds is 3. The SMILES string of the molecule is COc1ccc(-c2c(-c3ccccc3)nc3n2Cc2ccccc2C3)cc1. The summed E-state index contributed by atoms with van der Waals surface area (Å²) >= 11 is 0. The lowest BCUT2D eigenvalue weighted by atomic mass is 10.00. The van der Waals surface area contributed by atoms with Crippen LogP contribution < -0.4 is 4.74 Å². The minimum Gasteiger partial charge on any atom is -0.497 e. The van der Waals surface area contributed by atoms with E-state index in [1.54, 1.807) is 7.11 Å². The Bertz CT molecular complexity index is 1100. The summed E-state index contributed by atoms with van der Waals surface area (Å²) in [5.74, 6) is 1.99. The van der Waals surface area contributed by atoms with E-state index in [4.69, 9.17) is 9.72 Å². The summed E-state index contributed by atoms with van der Waals surface area (Å²) in [6, 6.07) is 27.4. The molecule has 0 saturated heterocycles. The van der Waals surface area contributed by atoms with Crippen molar-refractivity contribution >= 4 is 0 Å². The van der Waals surface area contributed by atoms with E-state index >= 15 is 0 Å². The van der Waals surface area contributed by atoms with E-state index in [1.807, 2.05) is 18.2 Å². The summed E-state index contributed by atoms with van der Waals surface area (Å²) < 4.78 is 7.71. The number of ether oxygens (including phenoxy) is 1. The van der Waals surface area contributed by atoms with Crippen LogP contribution >= 0.6 is 0 Å². The maximum absolute atomic E-state index is 5.34. The van der Waals surface area contributed by atoms with Gasteiger partial charge in [0.1, 0.15) is 11.6 Å². The molecule has 1 aliphatic heterocycles. The van der Waals surface area contributed by atoms with Crippen molar-refractivity contribution in [3.63, 3.8) is 0 Å². The lowest BCUT2D eigenvalue weighted by Gasteiger charge is -2.20. The number of hydrogen-bond acceptors (Lipinski definition) is 2. The highest BCUT2D eigenvalue weighted by Crippen LogP contribution is 2.36. The van der Waals surface area contributed by atoms with E-state index in [-0.39, 0.29) is 0 Å². The van der Waals surface area contributed by atoms with Crippen LogP contribution in [0.1, 0.15) is 17.0 Å². The first-order valence-corrected chi connectivity index (χ1v) is 9.19. The highest BCUT2D eigenvalue weighted by Gasteiger charge is 2.24. The first-order valence-electron chi connectivity index (χ1n) is 9.19. The summed E-state index contributed by atoms with van der Waals surface area (Å²) in [6.45, 7) is 0.854. The molecule has 5 rings (SSSR count). The molecule has 0 spiro atoms. The molecule has 0 fully saturated rings. The predicted molar refractivity (Wildman–Crippen MR) is 108 cm³/mol. The average molecular weight is 352 g/mol. The zero-order valence-corrected chi connectivity index (χ0v) is 15.2. The fraction of sp³-hybridized carbons (Fsp3) is 0.125. The minimum absolute atomic E-state index is 0.854. The second kappa shape index (κ2) is 6.44. The minimum atomic E-state index is 0.854. The van der Waals surface area contributed by atoms with Crippen LogP contribution in [-0.2, 0) is 13.0 Å². The highest BCUT2D eigenvalue weighted by molar-refractivity contribution is 5.79. The van der Waals surface area contributed by atoms with Gasteiger partial charge in [0.05, 0.1) is 18.5 Å². The number of aromatic nitrogens is 2. The van der Waals surface area contributed by atoms with Gasteiger partial charge in [0.2, 0.25) is 0 Å². The van der Waals surface area contributed by atoms with Crippen LogP contribution in [0, 0.1) is 0 Å². The highest BCUT2D eigenvalue weighted by atomic mass is 16.5. The first kappa shape index (κ1) is 15.9. The molecule has 3 nitrogen and oxygen atoms in total. The summed E-state index contributed by atoms with van der Waals surface area (Å²) in [6.07, 6.45) is 0.867. The Morgan fingerprint density at radius 3 is 2.22 bits per heavy atom. The van der Waals surface area contributed by atoms with Crippen LogP contribution in [0.3, 0.4) is 0 Å². The van der Waals surface area contributed by atoms with Crippen LogP contribution in [0.4, 0.5) is 0 Å². The van der Waals surface area contributed by atoms with Crippen molar-refractivity contribution < 1.29 is 4.74 Å². The van der Waals surface area contributed by atoms with E-state index < -0.39 is 0 Å². The lowest BCUT2D eigenvalue weighted by Crippen LogP contribution is -2.14. The van der Waals surface area contributed by atoms with Crippen LogP contribution in [0.25, 0.3) is 22.5 Å². The van der Waals surface area contributed by atoms with Gasteiger partial charge in [-0.25, -0.2) is 4.98 Å². The molecule has 0 radical (unpaired) electrons. The molecule has 3 heteroatoms. The zero-order valence-electron chi connectivity index (χ0n) is 15.2. The summed E-state index contributed by atoms with van der Waals surface area (Å²) in [5.41, 5.74) is 7.27. The third-order valence-electron chi connectivity index (χ3n) is 5.25. The fourth-order valence-electron chi connectivity index (χ4n) is 3.87. The maximum Gasteiger partial charge on any atom is 0.118 e. The Morgan fingerprint density at radius 1 is 0.778 bits per heavy atom. The molecular formula is C24H20N2O. The summed E-state index contributed by atoms with van der Waals surface area (Å²) in [5, 5.41) is 0. The Labute approximate surface area is 158 Å². The maximum atomic E-state index is 5.34. The lowest BCUT2D eigenvalue weighted by molar-refractivity contribution is 0.415. The van der Waals surface area contributed by atoms with Crippen molar-refractivity contribution in [2.45, 2.75) is 13.0 Å². The molecule has 1 aliphatic rings. The average Bonchev–Trinajstić information content (AvgIpc) is 3.11. The van der Waals surface area contributed by atoms with Crippen molar-refractivity contribution in [3.8, 4) is 28.3 Å². The molecule has 0 N–H and O–H groups in total. The van der Waals surface area contributed by atoms with Gasteiger partial charge in [0.25, 0.3) is 0 Å². The standard InChI is InChI=1S/C24H20N2O/c1-27-21-13-11-18(12-14-21)24-23(17-7-3-2-4-8-17)25-22-15-19-9-5-6-10-20(19)16-26(22)24/h2-14H,15-16H2,1H3. The quantitative estimate of drug-likeness (QED) is 0.447. The molecule has 1 aromatic heterocycles. The smallest absolute Gasteiger partial charge is 0.118 e. The number of fused-ring (bicyclic) bond motifs is 2. The van der Waals surface area contributed by atoms with E-state index in [0.717, 1.165) is 41.4 Å². The van der Waals surface area contributed by atoms with Crippen LogP contribution in [0.15, 0.2) is 78.9 Å². The van der Waals surface area contributed by atoms with Crippen molar-refractivity contribution in [3.05, 3.63) is 95.8 Å². The zero-order chi connectivity index (χ0) is 18.2. The van der Waals surface area contributed by atoms with Crippen molar-refractivity contribution in [2.24, 2.45) is 0 Å². The van der Waals surface area contributed by atoms with Crippen LogP contribution in [-0.4, -0.2) is 16.7 Å². The Morgan fingerprint density at radius 2 is 1.48 bits per heavy atom. The molecule has 0 aliphatic carbocycles. The number of nitrogens with zero attached hydrogens (tertiary/aromatic N) is 2. The molecule has 3 aromatic carbocycles. The first-order chi connectivity index (χ1) is 13.3. The molecule has 0 atom stereocenters. The Kier molecular flexibility index (Phi) is 3.79. The Hall–Kier alpha value is -3.33. The van der Waals surface area contributed by atoms with E-state index in [9.17, 15) is 0 Å². The number of imidazole rings is 1. The van der Waals surface area contributed by atoms with Gasteiger partial charge in [-0.3, -0.25) is 0 Å². The predicted octanol–water partition coefficient (Wildman–Crippen LogP) is 5.18. The molecular weight excluding hydrogens is 332 g/mol. The topological polar surface area (TPSA) is 27.1 Å². The number of hydrogen-bond donors (Lipinski definition) is 0. The molecule has 0 bridgehead atoms. The molecule has 0 amide bonds. The summed E-state index contributed by atoms with van der Waals surface area (Å²) in [7, 11) is 1.70. The number of benzene rings is 3. The van der Waals surface area contributed by atoms with Gasteiger partial charge < -0.3 is 9.30 Å². The van der Waals surface area contributed by atoms with Gasteiger partial charge in [-0.15, -0.1) is 0 Å².